The van der Waals surface area contributed by atoms with Gasteiger partial charge in [0.05, 0.1) is 28.8 Å². The zero-order valence-electron chi connectivity index (χ0n) is 13.1. The minimum Gasteiger partial charge on any atom is -0.456 e. The van der Waals surface area contributed by atoms with Gasteiger partial charge < -0.3 is 4.74 Å². The molecule has 0 aliphatic heterocycles. The lowest BCUT2D eigenvalue weighted by Gasteiger charge is -2.14. The summed E-state index contributed by atoms with van der Waals surface area (Å²) in [5, 5.41) is 6.99. The van der Waals surface area contributed by atoms with E-state index >= 15 is 0 Å². The van der Waals surface area contributed by atoms with E-state index in [1.807, 2.05) is 0 Å². The van der Waals surface area contributed by atoms with Crippen LogP contribution in [0.4, 0.5) is 13.2 Å². The van der Waals surface area contributed by atoms with Crippen LogP contribution >= 0.6 is 0 Å². The Labute approximate surface area is 143 Å². The molecule has 132 valence electrons. The van der Waals surface area contributed by atoms with Gasteiger partial charge in [0, 0.05) is 17.6 Å². The number of fused-ring (bicyclic) bond motifs is 3. The van der Waals surface area contributed by atoms with Crippen LogP contribution in [0.5, 0.6) is 11.5 Å². The number of H-pyrrole nitrogens is 1. The van der Waals surface area contributed by atoms with Crippen molar-refractivity contribution in [1.29, 1.82) is 0 Å². The van der Waals surface area contributed by atoms with Crippen LogP contribution in [0, 0.1) is 0 Å². The fourth-order valence-corrected chi connectivity index (χ4v) is 2.80. The van der Waals surface area contributed by atoms with Crippen LogP contribution in [-0.2, 0) is 6.54 Å². The van der Waals surface area contributed by atoms with Gasteiger partial charge in [-0.1, -0.05) is 0 Å². The molecule has 0 unspecified atom stereocenters. The number of alkyl halides is 3. The molecule has 6 nitrogen and oxygen atoms in total. The average Bonchev–Trinajstić information content (AvgIpc) is 3.08. The topological polar surface area (TPSA) is 72.8 Å². The molecular formula is C17H11F3N4O2. The lowest BCUT2D eigenvalue weighted by molar-refractivity contribution is -0.140. The highest BCUT2D eigenvalue weighted by Gasteiger charge is 2.30. The SMILES string of the molecule is O=c1c2cn[nH]c2c2ccc(Oc3cccnc3)cc2n1CC(F)(F)F. The van der Waals surface area contributed by atoms with E-state index in [0.29, 0.717) is 27.0 Å². The van der Waals surface area contributed by atoms with Gasteiger partial charge >= 0.3 is 6.18 Å². The van der Waals surface area contributed by atoms with Crippen molar-refractivity contribution in [2.45, 2.75) is 12.7 Å². The van der Waals surface area contributed by atoms with Crippen molar-refractivity contribution in [2.24, 2.45) is 0 Å². The molecule has 3 aromatic heterocycles. The Morgan fingerprint density at radius 1 is 1.12 bits per heavy atom. The summed E-state index contributed by atoms with van der Waals surface area (Å²) in [4.78, 5) is 16.4. The van der Waals surface area contributed by atoms with E-state index in [9.17, 15) is 18.0 Å². The van der Waals surface area contributed by atoms with E-state index in [-0.39, 0.29) is 10.9 Å². The number of ether oxygens (including phenoxy) is 1. The number of aromatic nitrogens is 4. The summed E-state index contributed by atoms with van der Waals surface area (Å²) in [6.07, 6.45) is -0.271. The number of hydrogen-bond acceptors (Lipinski definition) is 4. The first-order chi connectivity index (χ1) is 12.4. The zero-order valence-corrected chi connectivity index (χ0v) is 13.1. The summed E-state index contributed by atoms with van der Waals surface area (Å²) in [7, 11) is 0. The van der Waals surface area contributed by atoms with Crippen molar-refractivity contribution in [3.8, 4) is 11.5 Å². The number of hydrogen-bond donors (Lipinski definition) is 1. The molecule has 1 N–H and O–H groups in total. The highest BCUT2D eigenvalue weighted by Crippen LogP contribution is 2.29. The fourth-order valence-electron chi connectivity index (χ4n) is 2.80. The normalized spacial score (nSPS) is 12.0. The molecular weight excluding hydrogens is 349 g/mol. The summed E-state index contributed by atoms with van der Waals surface area (Å²) < 4.78 is 45.3. The van der Waals surface area contributed by atoms with Gasteiger partial charge in [0.15, 0.2) is 0 Å². The molecule has 4 aromatic rings. The van der Waals surface area contributed by atoms with Crippen molar-refractivity contribution in [3.63, 3.8) is 0 Å². The Bertz CT molecular complexity index is 1150. The van der Waals surface area contributed by atoms with Crippen LogP contribution in [0.25, 0.3) is 21.8 Å². The van der Waals surface area contributed by atoms with Crippen LogP contribution < -0.4 is 10.3 Å². The van der Waals surface area contributed by atoms with Gasteiger partial charge in [-0.3, -0.25) is 19.4 Å². The van der Waals surface area contributed by atoms with Crippen molar-refractivity contribution >= 4 is 21.8 Å². The average molecular weight is 360 g/mol. The molecule has 0 saturated heterocycles. The Balaban J connectivity index is 1.93. The van der Waals surface area contributed by atoms with E-state index in [1.165, 1.54) is 18.5 Å². The molecule has 0 spiro atoms. The predicted molar refractivity (Wildman–Crippen MR) is 88.2 cm³/mol. The van der Waals surface area contributed by atoms with E-state index in [2.05, 4.69) is 15.2 Å². The second-order valence-corrected chi connectivity index (χ2v) is 5.63. The van der Waals surface area contributed by atoms with Gasteiger partial charge in [0.2, 0.25) is 0 Å². The number of benzene rings is 1. The van der Waals surface area contributed by atoms with Gasteiger partial charge in [-0.15, -0.1) is 0 Å². The van der Waals surface area contributed by atoms with Gasteiger partial charge in [0.1, 0.15) is 18.0 Å². The number of aromatic amines is 1. The van der Waals surface area contributed by atoms with Gasteiger partial charge in [0.25, 0.3) is 5.56 Å². The lowest BCUT2D eigenvalue weighted by Crippen LogP contribution is -2.28. The van der Waals surface area contributed by atoms with Crippen molar-refractivity contribution in [2.75, 3.05) is 0 Å². The maximum absolute atomic E-state index is 13.0. The molecule has 0 fully saturated rings. The summed E-state index contributed by atoms with van der Waals surface area (Å²) in [5.41, 5.74) is -0.279. The first kappa shape index (κ1) is 16.1. The largest absolute Gasteiger partial charge is 0.456 e. The number of nitrogens with zero attached hydrogens (tertiary/aromatic N) is 3. The lowest BCUT2D eigenvalue weighted by atomic mass is 10.1. The maximum Gasteiger partial charge on any atom is 0.406 e. The monoisotopic (exact) mass is 360 g/mol. The first-order valence-corrected chi connectivity index (χ1v) is 7.57. The van der Waals surface area contributed by atoms with Crippen molar-refractivity contribution < 1.29 is 17.9 Å². The smallest absolute Gasteiger partial charge is 0.406 e. The number of nitrogens with one attached hydrogen (secondary N) is 1. The third kappa shape index (κ3) is 2.87. The highest BCUT2D eigenvalue weighted by molar-refractivity contribution is 6.03. The summed E-state index contributed by atoms with van der Waals surface area (Å²) in [5.74, 6) is 0.721. The molecule has 26 heavy (non-hydrogen) atoms. The molecule has 1 aromatic carbocycles. The van der Waals surface area contributed by atoms with Crippen LogP contribution in [0.1, 0.15) is 0 Å². The van der Waals surface area contributed by atoms with Gasteiger partial charge in [-0.25, -0.2) is 0 Å². The molecule has 0 atom stereocenters. The Morgan fingerprint density at radius 2 is 1.96 bits per heavy atom. The van der Waals surface area contributed by atoms with E-state index in [4.69, 9.17) is 4.74 Å². The molecule has 0 saturated carbocycles. The summed E-state index contributed by atoms with van der Waals surface area (Å²) in [6.45, 7) is -1.40. The second-order valence-electron chi connectivity index (χ2n) is 5.63. The third-order valence-corrected chi connectivity index (χ3v) is 3.85. The van der Waals surface area contributed by atoms with Crippen molar-refractivity contribution in [3.05, 3.63) is 59.3 Å². The van der Waals surface area contributed by atoms with E-state index in [1.54, 1.807) is 30.5 Å². The molecule has 0 radical (unpaired) electrons. The number of rotatable bonds is 3. The van der Waals surface area contributed by atoms with Gasteiger partial charge in [-0.2, -0.15) is 18.3 Å². The first-order valence-electron chi connectivity index (χ1n) is 7.57. The Hall–Kier alpha value is -3.36. The van der Waals surface area contributed by atoms with Crippen molar-refractivity contribution in [1.82, 2.24) is 19.7 Å². The number of pyridine rings is 2. The van der Waals surface area contributed by atoms with E-state index in [0.717, 1.165) is 0 Å². The quantitative estimate of drug-likeness (QED) is 0.606. The molecule has 9 heteroatoms. The van der Waals surface area contributed by atoms with Gasteiger partial charge in [-0.05, 0) is 24.3 Å². The van der Waals surface area contributed by atoms with Crippen LogP contribution in [0.15, 0.2) is 53.7 Å². The molecule has 0 aliphatic rings. The standard InChI is InChI=1S/C17H11F3N4O2/c18-17(19,20)9-24-14-6-10(26-11-2-1-5-21-7-11)3-4-12(14)15-13(16(24)25)8-22-23-15/h1-8H,9H2,(H,22,23). The molecule has 4 rings (SSSR count). The zero-order chi connectivity index (χ0) is 18.3. The molecule has 0 bridgehead atoms. The molecule has 3 heterocycles. The van der Waals surface area contributed by atoms with Crippen LogP contribution in [0.2, 0.25) is 0 Å². The maximum atomic E-state index is 13.0. The minimum atomic E-state index is -4.55. The summed E-state index contributed by atoms with van der Waals surface area (Å²) >= 11 is 0. The second kappa shape index (κ2) is 5.87. The number of halogens is 3. The highest BCUT2D eigenvalue weighted by atomic mass is 19.4. The fraction of sp³-hybridized carbons (Fsp3) is 0.118. The molecule has 0 aliphatic carbocycles. The minimum absolute atomic E-state index is 0.0997. The Morgan fingerprint density at radius 3 is 2.69 bits per heavy atom. The molecule has 0 amide bonds. The third-order valence-electron chi connectivity index (χ3n) is 3.85. The Kier molecular flexibility index (Phi) is 3.64. The predicted octanol–water partition coefficient (Wildman–Crippen LogP) is 3.63. The van der Waals surface area contributed by atoms with Crippen LogP contribution in [-0.4, -0.2) is 25.9 Å². The summed E-state index contributed by atoms with van der Waals surface area (Å²) in [6, 6.07) is 7.93. The van der Waals surface area contributed by atoms with E-state index < -0.39 is 18.3 Å². The van der Waals surface area contributed by atoms with Crippen LogP contribution in [0.3, 0.4) is 0 Å².